The van der Waals surface area contributed by atoms with E-state index in [4.69, 9.17) is 0 Å². The maximum absolute atomic E-state index is 13.8. The van der Waals surface area contributed by atoms with E-state index in [1.807, 2.05) is 97.1 Å². The van der Waals surface area contributed by atoms with Crippen molar-refractivity contribution in [1.82, 2.24) is 10.6 Å². The minimum atomic E-state index is -0.874. The molecule has 0 heterocycles. The van der Waals surface area contributed by atoms with Gasteiger partial charge in [0, 0.05) is 18.3 Å². The van der Waals surface area contributed by atoms with E-state index in [-0.39, 0.29) is 30.7 Å². The molecular formula is C39H42N2O4. The lowest BCUT2D eigenvalue weighted by molar-refractivity contribution is -0.128. The van der Waals surface area contributed by atoms with Crippen LogP contribution in [0.4, 0.5) is 0 Å². The molecule has 4 aromatic rings. The Balaban J connectivity index is 1.18. The number of aliphatic hydroxyl groups excluding tert-OH is 2. The number of rotatable bonds is 12. The van der Waals surface area contributed by atoms with E-state index in [9.17, 15) is 19.8 Å². The van der Waals surface area contributed by atoms with Crippen LogP contribution in [0.1, 0.15) is 64.7 Å². The number of benzene rings is 4. The first-order chi connectivity index (χ1) is 21.9. The van der Waals surface area contributed by atoms with Gasteiger partial charge in [-0.25, -0.2) is 0 Å². The molecule has 5 unspecified atom stereocenters. The van der Waals surface area contributed by atoms with Gasteiger partial charge in [-0.1, -0.05) is 109 Å². The third-order valence-corrected chi connectivity index (χ3v) is 9.46. The fourth-order valence-electron chi connectivity index (χ4n) is 7.13. The predicted molar refractivity (Wildman–Crippen MR) is 175 cm³/mol. The van der Waals surface area contributed by atoms with Crippen LogP contribution in [0, 0.1) is 11.8 Å². The SMILES string of the molecule is O=C(NC1CCc2ccccc21)C(Cc1ccccc1)CC(O)C[C@@H](Cc1ccccc1)C(=O)NC1c2ccccc2CC1O. The van der Waals surface area contributed by atoms with Crippen molar-refractivity contribution in [2.75, 3.05) is 0 Å². The number of aliphatic hydroxyl groups is 2. The lowest BCUT2D eigenvalue weighted by Gasteiger charge is -2.26. The summed E-state index contributed by atoms with van der Waals surface area (Å²) in [5.41, 5.74) is 6.44. The first-order valence-corrected chi connectivity index (χ1v) is 16.1. The second kappa shape index (κ2) is 14.2. The topological polar surface area (TPSA) is 98.7 Å². The van der Waals surface area contributed by atoms with Gasteiger partial charge in [0.1, 0.15) is 0 Å². The summed E-state index contributed by atoms with van der Waals surface area (Å²) in [6.07, 6.45) is 2.10. The summed E-state index contributed by atoms with van der Waals surface area (Å²) in [5.74, 6) is -1.27. The van der Waals surface area contributed by atoms with Crippen LogP contribution >= 0.6 is 0 Å². The summed E-state index contributed by atoms with van der Waals surface area (Å²) < 4.78 is 0. The number of nitrogens with one attached hydrogen (secondary N) is 2. The first kappa shape index (κ1) is 30.8. The van der Waals surface area contributed by atoms with Crippen LogP contribution in [0.2, 0.25) is 0 Å². The van der Waals surface area contributed by atoms with Crippen molar-refractivity contribution in [2.24, 2.45) is 11.8 Å². The molecule has 0 spiro atoms. The molecule has 6 atom stereocenters. The third-order valence-electron chi connectivity index (χ3n) is 9.46. The van der Waals surface area contributed by atoms with Crippen molar-refractivity contribution in [3.8, 4) is 0 Å². The molecule has 4 N–H and O–H groups in total. The van der Waals surface area contributed by atoms with Crippen LogP contribution in [0.3, 0.4) is 0 Å². The fraction of sp³-hybridized carbons (Fsp3) is 0.333. The van der Waals surface area contributed by atoms with Gasteiger partial charge in [-0.2, -0.15) is 0 Å². The number of amides is 2. The predicted octanol–water partition coefficient (Wildman–Crippen LogP) is 5.42. The summed E-state index contributed by atoms with van der Waals surface area (Å²) in [6, 6.07) is 35.2. The van der Waals surface area contributed by atoms with Crippen LogP contribution in [-0.4, -0.2) is 34.2 Å². The molecule has 232 valence electrons. The molecule has 2 aliphatic carbocycles. The molecule has 2 amide bonds. The van der Waals surface area contributed by atoms with Crippen LogP contribution in [0.15, 0.2) is 109 Å². The Morgan fingerprint density at radius 2 is 1.18 bits per heavy atom. The molecule has 0 aromatic heterocycles. The second-order valence-corrected chi connectivity index (χ2v) is 12.7. The molecule has 0 bridgehead atoms. The van der Waals surface area contributed by atoms with Gasteiger partial charge in [0.25, 0.3) is 0 Å². The highest BCUT2D eigenvalue weighted by atomic mass is 16.3. The van der Waals surface area contributed by atoms with E-state index in [0.29, 0.717) is 19.3 Å². The molecule has 6 rings (SSSR count). The van der Waals surface area contributed by atoms with Crippen molar-refractivity contribution in [2.45, 2.75) is 69.2 Å². The van der Waals surface area contributed by atoms with Crippen molar-refractivity contribution in [3.05, 3.63) is 143 Å². The normalized spacial score (nSPS) is 20.4. The molecule has 6 nitrogen and oxygen atoms in total. The quantitative estimate of drug-likeness (QED) is 0.174. The summed E-state index contributed by atoms with van der Waals surface area (Å²) >= 11 is 0. The smallest absolute Gasteiger partial charge is 0.224 e. The van der Waals surface area contributed by atoms with Gasteiger partial charge in [0.15, 0.2) is 0 Å². The highest BCUT2D eigenvalue weighted by Crippen LogP contribution is 2.33. The molecule has 6 heteroatoms. The molecule has 2 aliphatic rings. The summed E-state index contributed by atoms with van der Waals surface area (Å²) in [7, 11) is 0. The van der Waals surface area contributed by atoms with Gasteiger partial charge in [-0.15, -0.1) is 0 Å². The standard InChI is InChI=1S/C39H42N2O4/c42-32(23-30(21-26-11-3-1-4-12-26)38(44)40-35-20-19-28-15-7-9-17-33(28)35)24-31(22-27-13-5-2-6-14-27)39(45)41-37-34-18-10-8-16-29(34)25-36(37)43/h1-18,30-32,35-37,42-43H,19-25H2,(H,40,44)(H,41,45)/t30?,31-,32?,35?,36?,37?/m1/s1. The highest BCUT2D eigenvalue weighted by molar-refractivity contribution is 5.80. The fourth-order valence-corrected chi connectivity index (χ4v) is 7.13. The monoisotopic (exact) mass is 602 g/mol. The Labute approximate surface area is 265 Å². The van der Waals surface area contributed by atoms with Crippen LogP contribution in [0.25, 0.3) is 0 Å². The highest BCUT2D eigenvalue weighted by Gasteiger charge is 2.35. The van der Waals surface area contributed by atoms with Gasteiger partial charge in [-0.3, -0.25) is 9.59 Å². The van der Waals surface area contributed by atoms with Crippen molar-refractivity contribution >= 4 is 11.8 Å². The molecule has 45 heavy (non-hydrogen) atoms. The summed E-state index contributed by atoms with van der Waals surface area (Å²) in [5, 5.41) is 28.7. The minimum Gasteiger partial charge on any atom is -0.393 e. The molecule has 0 saturated carbocycles. The van der Waals surface area contributed by atoms with Gasteiger partial charge in [0.2, 0.25) is 11.8 Å². The first-order valence-electron chi connectivity index (χ1n) is 16.1. The van der Waals surface area contributed by atoms with E-state index in [1.165, 1.54) is 11.1 Å². The van der Waals surface area contributed by atoms with Crippen LogP contribution in [-0.2, 0) is 35.3 Å². The molecule has 0 fully saturated rings. The number of aryl methyl sites for hydroxylation is 1. The molecule has 0 radical (unpaired) electrons. The van der Waals surface area contributed by atoms with E-state index in [2.05, 4.69) is 22.8 Å². The molecular weight excluding hydrogens is 560 g/mol. The van der Waals surface area contributed by atoms with Gasteiger partial charge in [0.05, 0.1) is 24.3 Å². The van der Waals surface area contributed by atoms with E-state index < -0.39 is 30.1 Å². The Morgan fingerprint density at radius 3 is 1.80 bits per heavy atom. The lowest BCUT2D eigenvalue weighted by Crippen LogP contribution is -2.40. The largest absolute Gasteiger partial charge is 0.393 e. The Bertz CT molecular complexity index is 1590. The van der Waals surface area contributed by atoms with Crippen LogP contribution < -0.4 is 10.6 Å². The van der Waals surface area contributed by atoms with Gasteiger partial charge < -0.3 is 20.8 Å². The maximum Gasteiger partial charge on any atom is 0.224 e. The minimum absolute atomic E-state index is 0.0403. The molecule has 0 aliphatic heterocycles. The van der Waals surface area contributed by atoms with Crippen LogP contribution in [0.5, 0.6) is 0 Å². The number of hydrogen-bond donors (Lipinski definition) is 4. The average molecular weight is 603 g/mol. The number of fused-ring (bicyclic) bond motifs is 2. The zero-order chi connectivity index (χ0) is 31.2. The Hall–Kier alpha value is -4.26. The zero-order valence-electron chi connectivity index (χ0n) is 25.5. The molecule has 4 aromatic carbocycles. The average Bonchev–Trinajstić information content (AvgIpc) is 3.61. The van der Waals surface area contributed by atoms with Crippen molar-refractivity contribution < 1.29 is 19.8 Å². The van der Waals surface area contributed by atoms with E-state index in [0.717, 1.165) is 35.1 Å². The number of hydrogen-bond acceptors (Lipinski definition) is 4. The third kappa shape index (κ3) is 7.52. The van der Waals surface area contributed by atoms with Gasteiger partial charge in [-0.05, 0) is 71.9 Å². The van der Waals surface area contributed by atoms with Gasteiger partial charge >= 0.3 is 0 Å². The summed E-state index contributed by atoms with van der Waals surface area (Å²) in [4.78, 5) is 27.7. The summed E-state index contributed by atoms with van der Waals surface area (Å²) in [6.45, 7) is 0. The number of carbonyl (C=O) groups is 2. The van der Waals surface area contributed by atoms with E-state index >= 15 is 0 Å². The Kier molecular flexibility index (Phi) is 9.72. The maximum atomic E-state index is 13.8. The van der Waals surface area contributed by atoms with Crippen molar-refractivity contribution in [3.63, 3.8) is 0 Å². The zero-order valence-corrected chi connectivity index (χ0v) is 25.5. The Morgan fingerprint density at radius 1 is 0.667 bits per heavy atom. The van der Waals surface area contributed by atoms with Crippen molar-refractivity contribution in [1.29, 1.82) is 0 Å². The molecule has 0 saturated heterocycles. The number of carbonyl (C=O) groups excluding carboxylic acids is 2. The van der Waals surface area contributed by atoms with E-state index in [1.54, 1.807) is 0 Å². The second-order valence-electron chi connectivity index (χ2n) is 12.7. The lowest BCUT2D eigenvalue weighted by atomic mass is 9.86.